The van der Waals surface area contributed by atoms with E-state index in [1.165, 1.54) is 5.56 Å². The van der Waals surface area contributed by atoms with Crippen molar-refractivity contribution in [2.45, 2.75) is 26.3 Å². The van der Waals surface area contributed by atoms with Crippen molar-refractivity contribution in [3.63, 3.8) is 0 Å². The van der Waals surface area contributed by atoms with Crippen molar-refractivity contribution < 1.29 is 4.79 Å². The number of nitrogens with zero attached hydrogens (tertiary/aromatic N) is 1. The number of rotatable bonds is 1. The highest BCUT2D eigenvalue weighted by atomic mass is 16.2. The molecule has 1 unspecified atom stereocenters. The summed E-state index contributed by atoms with van der Waals surface area (Å²) in [4.78, 5) is 13.5. The fraction of sp³-hybridized carbons (Fsp3) is 0.417. The van der Waals surface area contributed by atoms with Crippen molar-refractivity contribution in [1.29, 1.82) is 0 Å². The molecule has 1 amide bonds. The second kappa shape index (κ2) is 3.57. The Labute approximate surface area is 90.1 Å². The van der Waals surface area contributed by atoms with Crippen molar-refractivity contribution in [2.75, 3.05) is 17.3 Å². The summed E-state index contributed by atoms with van der Waals surface area (Å²) in [6.45, 7) is 4.00. The summed E-state index contributed by atoms with van der Waals surface area (Å²) in [7, 11) is 1.83. The van der Waals surface area contributed by atoms with Crippen LogP contribution in [0.5, 0.6) is 0 Å². The van der Waals surface area contributed by atoms with Crippen LogP contribution in [0.3, 0.4) is 0 Å². The van der Waals surface area contributed by atoms with Crippen LogP contribution in [0.2, 0.25) is 0 Å². The van der Waals surface area contributed by atoms with E-state index in [-0.39, 0.29) is 11.9 Å². The van der Waals surface area contributed by atoms with Gasteiger partial charge < -0.3 is 10.2 Å². The fourth-order valence-electron chi connectivity index (χ4n) is 1.90. The number of nitrogens with one attached hydrogen (secondary N) is 1. The lowest BCUT2D eigenvalue weighted by Gasteiger charge is -2.31. The van der Waals surface area contributed by atoms with Crippen LogP contribution in [0.1, 0.15) is 19.4 Å². The average Bonchev–Trinajstić information content (AvgIpc) is 2.26. The van der Waals surface area contributed by atoms with Gasteiger partial charge in [0.05, 0.1) is 11.4 Å². The SMILES string of the molecule is CCc1ccc2c(c1)N(C)C(=O)C(C)N2. The van der Waals surface area contributed by atoms with Crippen LogP contribution < -0.4 is 10.2 Å². The van der Waals surface area contributed by atoms with Gasteiger partial charge in [-0.15, -0.1) is 0 Å². The number of likely N-dealkylation sites (N-methyl/N-ethyl adjacent to an activating group) is 1. The summed E-state index contributed by atoms with van der Waals surface area (Å²) in [5.41, 5.74) is 3.28. The molecule has 0 saturated carbocycles. The smallest absolute Gasteiger partial charge is 0.248 e. The molecule has 1 atom stereocenters. The molecule has 0 fully saturated rings. The Morgan fingerprint density at radius 2 is 2.20 bits per heavy atom. The number of benzene rings is 1. The highest BCUT2D eigenvalue weighted by molar-refractivity contribution is 6.04. The second-order valence-electron chi connectivity index (χ2n) is 3.97. The van der Waals surface area contributed by atoms with Crippen molar-refractivity contribution >= 4 is 17.3 Å². The maximum absolute atomic E-state index is 11.8. The van der Waals surface area contributed by atoms with Crippen LogP contribution in [0.25, 0.3) is 0 Å². The standard InChI is InChI=1S/C12H16N2O/c1-4-9-5-6-10-11(7-9)14(3)12(15)8(2)13-10/h5-8,13H,4H2,1-3H3. The summed E-state index contributed by atoms with van der Waals surface area (Å²) in [5, 5.41) is 3.20. The van der Waals surface area contributed by atoms with Gasteiger partial charge in [-0.05, 0) is 31.0 Å². The van der Waals surface area contributed by atoms with Gasteiger partial charge >= 0.3 is 0 Å². The lowest BCUT2D eigenvalue weighted by atomic mass is 10.1. The van der Waals surface area contributed by atoms with Gasteiger partial charge in [0.25, 0.3) is 0 Å². The van der Waals surface area contributed by atoms with Crippen LogP contribution in [-0.4, -0.2) is 19.0 Å². The van der Waals surface area contributed by atoms with Gasteiger partial charge in [0.2, 0.25) is 5.91 Å². The molecule has 2 rings (SSSR count). The minimum atomic E-state index is -0.130. The van der Waals surface area contributed by atoms with Crippen molar-refractivity contribution in [3.8, 4) is 0 Å². The molecule has 0 aromatic heterocycles. The molecule has 1 aliphatic heterocycles. The normalized spacial score (nSPS) is 19.8. The Balaban J connectivity index is 2.47. The molecular formula is C12H16N2O. The van der Waals surface area contributed by atoms with Crippen LogP contribution in [-0.2, 0) is 11.2 Å². The van der Waals surface area contributed by atoms with Gasteiger partial charge in [-0.2, -0.15) is 0 Å². The number of hydrogen-bond donors (Lipinski definition) is 1. The Morgan fingerprint density at radius 3 is 2.87 bits per heavy atom. The van der Waals surface area contributed by atoms with Gasteiger partial charge in [0.15, 0.2) is 0 Å². The van der Waals surface area contributed by atoms with Crippen molar-refractivity contribution in [3.05, 3.63) is 23.8 Å². The Kier molecular flexibility index (Phi) is 2.39. The zero-order chi connectivity index (χ0) is 11.0. The number of carbonyl (C=O) groups excluding carboxylic acids is 1. The molecule has 1 heterocycles. The van der Waals surface area contributed by atoms with Crippen LogP contribution in [0, 0.1) is 0 Å². The van der Waals surface area contributed by atoms with Gasteiger partial charge in [-0.3, -0.25) is 4.79 Å². The van der Waals surface area contributed by atoms with E-state index < -0.39 is 0 Å². The molecule has 3 nitrogen and oxygen atoms in total. The average molecular weight is 204 g/mol. The molecule has 1 N–H and O–H groups in total. The minimum absolute atomic E-state index is 0.121. The van der Waals surface area contributed by atoms with Crippen LogP contribution in [0.4, 0.5) is 11.4 Å². The van der Waals surface area contributed by atoms with E-state index in [0.717, 1.165) is 17.8 Å². The van der Waals surface area contributed by atoms with E-state index in [9.17, 15) is 4.79 Å². The first-order valence-corrected chi connectivity index (χ1v) is 5.30. The Hall–Kier alpha value is -1.51. The summed E-state index contributed by atoms with van der Waals surface area (Å²) >= 11 is 0. The molecule has 0 aliphatic carbocycles. The maximum Gasteiger partial charge on any atom is 0.248 e. The quantitative estimate of drug-likeness (QED) is 0.759. The van der Waals surface area contributed by atoms with Gasteiger partial charge in [-0.25, -0.2) is 0 Å². The molecule has 0 saturated heterocycles. The number of amides is 1. The summed E-state index contributed by atoms with van der Waals surface area (Å²) in [5.74, 6) is 0.121. The molecule has 1 aromatic carbocycles. The lowest BCUT2D eigenvalue weighted by Crippen LogP contribution is -2.43. The molecule has 1 aliphatic rings. The first-order valence-electron chi connectivity index (χ1n) is 5.30. The number of anilines is 2. The van der Waals surface area contributed by atoms with Crippen LogP contribution in [0.15, 0.2) is 18.2 Å². The highest BCUT2D eigenvalue weighted by Gasteiger charge is 2.26. The molecule has 80 valence electrons. The maximum atomic E-state index is 11.8. The van der Waals surface area contributed by atoms with Crippen molar-refractivity contribution in [2.24, 2.45) is 0 Å². The molecule has 1 aromatic rings. The summed E-state index contributed by atoms with van der Waals surface area (Å²) in [6.07, 6.45) is 0.991. The number of aryl methyl sites for hydroxylation is 1. The van der Waals surface area contributed by atoms with E-state index in [0.29, 0.717) is 0 Å². The zero-order valence-corrected chi connectivity index (χ0v) is 9.37. The van der Waals surface area contributed by atoms with E-state index in [1.807, 2.05) is 20.0 Å². The highest BCUT2D eigenvalue weighted by Crippen LogP contribution is 2.31. The largest absolute Gasteiger partial charge is 0.372 e. The monoisotopic (exact) mass is 204 g/mol. The van der Waals surface area contributed by atoms with Gasteiger partial charge in [-0.1, -0.05) is 13.0 Å². The first kappa shape index (κ1) is 10.0. The van der Waals surface area contributed by atoms with E-state index >= 15 is 0 Å². The summed E-state index contributed by atoms with van der Waals surface area (Å²) < 4.78 is 0. The van der Waals surface area contributed by atoms with Gasteiger partial charge in [0.1, 0.15) is 6.04 Å². The molecule has 3 heteroatoms. The Bertz CT molecular complexity index is 401. The molecule has 15 heavy (non-hydrogen) atoms. The molecule has 0 bridgehead atoms. The number of hydrogen-bond acceptors (Lipinski definition) is 2. The second-order valence-corrected chi connectivity index (χ2v) is 3.97. The van der Waals surface area contributed by atoms with Gasteiger partial charge in [0, 0.05) is 7.05 Å². The number of carbonyl (C=O) groups is 1. The fourth-order valence-corrected chi connectivity index (χ4v) is 1.90. The van der Waals surface area contributed by atoms with Crippen LogP contribution >= 0.6 is 0 Å². The predicted octanol–water partition coefficient (Wildman–Crippen LogP) is 2.03. The predicted molar refractivity (Wildman–Crippen MR) is 62.3 cm³/mol. The minimum Gasteiger partial charge on any atom is -0.372 e. The first-order chi connectivity index (χ1) is 7.13. The van der Waals surface area contributed by atoms with E-state index in [2.05, 4.69) is 24.4 Å². The molecule has 0 radical (unpaired) electrons. The number of fused-ring (bicyclic) bond motifs is 1. The zero-order valence-electron chi connectivity index (χ0n) is 9.37. The topological polar surface area (TPSA) is 32.3 Å². The van der Waals surface area contributed by atoms with Crippen molar-refractivity contribution in [1.82, 2.24) is 0 Å². The molecular weight excluding hydrogens is 188 g/mol. The third-order valence-corrected chi connectivity index (χ3v) is 2.90. The van der Waals surface area contributed by atoms with E-state index in [1.54, 1.807) is 4.90 Å². The third kappa shape index (κ3) is 1.58. The third-order valence-electron chi connectivity index (χ3n) is 2.90. The van der Waals surface area contributed by atoms with E-state index in [4.69, 9.17) is 0 Å². The lowest BCUT2D eigenvalue weighted by molar-refractivity contribution is -0.118. The summed E-state index contributed by atoms with van der Waals surface area (Å²) in [6, 6.07) is 6.09. The molecule has 0 spiro atoms. The Morgan fingerprint density at radius 1 is 1.47 bits per heavy atom.